The van der Waals surface area contributed by atoms with Crippen molar-refractivity contribution in [3.63, 3.8) is 0 Å². The SMILES string of the molecule is CC1=CC(C)=[N+]2[B]n3c(C)cc(C)c3C(c3ccc(CN)cc3)=C12. The number of aryl methyl sites for hydroxylation is 2. The quantitative estimate of drug-likeness (QED) is 0.849. The Balaban J connectivity index is 2.04. The maximum Gasteiger partial charge on any atom is 0.699 e. The first-order chi connectivity index (χ1) is 11.5. The molecule has 0 saturated carbocycles. The number of nitrogens with zero attached hydrogens (tertiary/aromatic N) is 2. The van der Waals surface area contributed by atoms with E-state index in [2.05, 4.69) is 80.6 Å². The van der Waals surface area contributed by atoms with Gasteiger partial charge in [0.15, 0.2) is 11.4 Å². The Kier molecular flexibility index (Phi) is 3.39. The van der Waals surface area contributed by atoms with Gasteiger partial charge in [0.2, 0.25) is 0 Å². The normalized spacial score (nSPS) is 16.1. The fourth-order valence-electron chi connectivity index (χ4n) is 3.88. The number of hydrogen-bond acceptors (Lipinski definition) is 1. The van der Waals surface area contributed by atoms with Crippen molar-refractivity contribution >= 4 is 18.8 Å². The molecule has 0 fully saturated rings. The topological polar surface area (TPSA) is 34.0 Å². The molecule has 119 valence electrons. The van der Waals surface area contributed by atoms with Gasteiger partial charge in [-0.3, -0.25) is 4.49 Å². The highest BCUT2D eigenvalue weighted by Crippen LogP contribution is 2.38. The van der Waals surface area contributed by atoms with Gasteiger partial charge < -0.3 is 10.2 Å². The molecular weight excluding hydrogens is 293 g/mol. The van der Waals surface area contributed by atoms with E-state index < -0.39 is 0 Å². The molecule has 24 heavy (non-hydrogen) atoms. The first-order valence-electron chi connectivity index (χ1n) is 8.40. The van der Waals surface area contributed by atoms with Gasteiger partial charge in [-0.05, 0) is 43.5 Å². The summed E-state index contributed by atoms with van der Waals surface area (Å²) < 4.78 is 4.61. The van der Waals surface area contributed by atoms with Crippen LogP contribution in [0.2, 0.25) is 0 Å². The molecule has 0 aliphatic carbocycles. The van der Waals surface area contributed by atoms with E-state index in [1.165, 1.54) is 45.1 Å². The van der Waals surface area contributed by atoms with Gasteiger partial charge in [0.25, 0.3) is 0 Å². The minimum Gasteiger partial charge on any atom is -0.326 e. The van der Waals surface area contributed by atoms with Crippen molar-refractivity contribution in [2.24, 2.45) is 5.73 Å². The molecule has 1 aromatic carbocycles. The molecule has 4 rings (SSSR count). The third-order valence-corrected chi connectivity index (χ3v) is 5.02. The smallest absolute Gasteiger partial charge is 0.326 e. The molecule has 0 bridgehead atoms. The second kappa shape index (κ2) is 5.35. The summed E-state index contributed by atoms with van der Waals surface area (Å²) in [4.78, 5) is 0. The Hall–Kier alpha value is -2.33. The fourth-order valence-corrected chi connectivity index (χ4v) is 3.88. The van der Waals surface area contributed by atoms with E-state index in [1.54, 1.807) is 0 Å². The molecule has 4 heteroatoms. The summed E-state index contributed by atoms with van der Waals surface area (Å²) in [6.45, 7) is 9.30. The molecule has 2 aliphatic rings. The summed E-state index contributed by atoms with van der Waals surface area (Å²) >= 11 is 0. The molecule has 3 nitrogen and oxygen atoms in total. The molecule has 3 heterocycles. The van der Waals surface area contributed by atoms with Gasteiger partial charge in [0.1, 0.15) is 0 Å². The summed E-state index contributed by atoms with van der Waals surface area (Å²) in [7, 11) is 2.22. The predicted molar refractivity (Wildman–Crippen MR) is 100 cm³/mol. The van der Waals surface area contributed by atoms with Crippen molar-refractivity contribution in [2.45, 2.75) is 34.2 Å². The zero-order chi connectivity index (χ0) is 17.0. The van der Waals surface area contributed by atoms with Crippen LogP contribution in [-0.4, -0.2) is 22.2 Å². The highest BCUT2D eigenvalue weighted by molar-refractivity contribution is 6.29. The minimum absolute atomic E-state index is 0.576. The molecule has 0 unspecified atom stereocenters. The van der Waals surface area contributed by atoms with Crippen molar-refractivity contribution in [3.05, 3.63) is 75.8 Å². The van der Waals surface area contributed by atoms with Crippen molar-refractivity contribution in [2.75, 3.05) is 0 Å². The second-order valence-corrected chi connectivity index (χ2v) is 6.77. The minimum atomic E-state index is 0.576. The second-order valence-electron chi connectivity index (χ2n) is 6.77. The molecule has 0 amide bonds. The third-order valence-electron chi connectivity index (χ3n) is 5.02. The number of allylic oxidation sites excluding steroid dienone is 2. The van der Waals surface area contributed by atoms with Crippen molar-refractivity contribution in [1.82, 2.24) is 4.48 Å². The monoisotopic (exact) mass is 315 g/mol. The van der Waals surface area contributed by atoms with Gasteiger partial charge in [-0.15, -0.1) is 0 Å². The van der Waals surface area contributed by atoms with E-state index in [9.17, 15) is 0 Å². The van der Waals surface area contributed by atoms with Crippen LogP contribution in [-0.2, 0) is 6.54 Å². The van der Waals surface area contributed by atoms with E-state index in [0.29, 0.717) is 6.54 Å². The van der Waals surface area contributed by atoms with Crippen molar-refractivity contribution in [1.29, 1.82) is 0 Å². The first kappa shape index (κ1) is 15.2. The lowest BCUT2D eigenvalue weighted by molar-refractivity contribution is -0.315. The summed E-state index contributed by atoms with van der Waals surface area (Å²) in [6, 6.07) is 10.9. The van der Waals surface area contributed by atoms with Crippen LogP contribution in [0.25, 0.3) is 5.57 Å². The Morgan fingerprint density at radius 1 is 1.08 bits per heavy atom. The van der Waals surface area contributed by atoms with Crippen LogP contribution in [0.3, 0.4) is 0 Å². The predicted octanol–water partition coefficient (Wildman–Crippen LogP) is 3.15. The fraction of sp³-hybridized carbons (Fsp3) is 0.250. The lowest BCUT2D eigenvalue weighted by atomic mass is 9.89. The molecule has 0 saturated heterocycles. The number of nitrogens with two attached hydrogens (primary N) is 1. The van der Waals surface area contributed by atoms with Crippen LogP contribution in [0, 0.1) is 13.8 Å². The molecule has 2 N–H and O–H groups in total. The van der Waals surface area contributed by atoms with Crippen molar-refractivity contribution in [3.8, 4) is 0 Å². The van der Waals surface area contributed by atoms with E-state index in [-0.39, 0.29) is 0 Å². The van der Waals surface area contributed by atoms with Gasteiger partial charge in [-0.25, -0.2) is 0 Å². The summed E-state index contributed by atoms with van der Waals surface area (Å²) in [5.74, 6) is 0. The van der Waals surface area contributed by atoms with Crippen LogP contribution in [0.5, 0.6) is 0 Å². The molecule has 2 aliphatic heterocycles. The van der Waals surface area contributed by atoms with Crippen LogP contribution < -0.4 is 5.73 Å². The standard InChI is InChI=1S/C20H22BN3/c1-12-9-14(3)23-19(12)18(17-7-5-16(11-22)6-8-17)20-13(2)10-15(4)24(20)21-23/h5-10H,11,22H2,1-4H3/q+1. The van der Waals surface area contributed by atoms with Gasteiger partial charge in [-0.2, -0.15) is 0 Å². The number of rotatable bonds is 2. The van der Waals surface area contributed by atoms with E-state index in [4.69, 9.17) is 5.73 Å². The lowest BCUT2D eigenvalue weighted by Gasteiger charge is -2.20. The van der Waals surface area contributed by atoms with Crippen LogP contribution >= 0.6 is 0 Å². The summed E-state index contributed by atoms with van der Waals surface area (Å²) in [5.41, 5.74) is 17.2. The van der Waals surface area contributed by atoms with Gasteiger partial charge in [-0.1, -0.05) is 24.3 Å². The first-order valence-corrected chi connectivity index (χ1v) is 8.40. The number of hydrogen-bond donors (Lipinski definition) is 1. The molecule has 2 aromatic rings. The Labute approximate surface area is 144 Å². The van der Waals surface area contributed by atoms with Gasteiger partial charge in [0, 0.05) is 30.8 Å². The van der Waals surface area contributed by atoms with Crippen molar-refractivity contribution < 1.29 is 4.49 Å². The number of aromatic nitrogens is 1. The summed E-state index contributed by atoms with van der Waals surface area (Å²) in [6.07, 6.45) is 2.26. The highest BCUT2D eigenvalue weighted by atomic mass is 15.1. The van der Waals surface area contributed by atoms with Crippen LogP contribution in [0.15, 0.2) is 47.7 Å². The summed E-state index contributed by atoms with van der Waals surface area (Å²) in [5, 5.41) is 0. The van der Waals surface area contributed by atoms with E-state index in [1.807, 2.05) is 0 Å². The largest absolute Gasteiger partial charge is 0.699 e. The Morgan fingerprint density at radius 2 is 1.79 bits per heavy atom. The van der Waals surface area contributed by atoms with Gasteiger partial charge in [0.05, 0.1) is 11.3 Å². The lowest BCUT2D eigenvalue weighted by Crippen LogP contribution is -2.32. The Bertz CT molecular complexity index is 940. The van der Waals surface area contributed by atoms with Gasteiger partial charge >= 0.3 is 7.55 Å². The number of fused-ring (bicyclic) bond motifs is 2. The molecule has 1 aromatic heterocycles. The maximum atomic E-state index is 5.77. The molecule has 1 radical (unpaired) electrons. The molecular formula is C20H22BN3+. The van der Waals surface area contributed by atoms with E-state index >= 15 is 0 Å². The molecule has 0 atom stereocenters. The Morgan fingerprint density at radius 3 is 2.46 bits per heavy atom. The zero-order valence-corrected chi connectivity index (χ0v) is 14.7. The third kappa shape index (κ3) is 2.06. The maximum absolute atomic E-state index is 5.77. The van der Waals surface area contributed by atoms with Crippen LogP contribution in [0.4, 0.5) is 0 Å². The average Bonchev–Trinajstić information content (AvgIpc) is 3.03. The number of benzene rings is 1. The highest BCUT2D eigenvalue weighted by Gasteiger charge is 2.39. The van der Waals surface area contributed by atoms with Crippen LogP contribution in [0.1, 0.15) is 41.9 Å². The average molecular weight is 315 g/mol. The molecule has 0 spiro atoms. The van der Waals surface area contributed by atoms with E-state index in [0.717, 1.165) is 5.56 Å². The zero-order valence-electron chi connectivity index (χ0n) is 14.7.